The largest absolute Gasteiger partial charge is 0.483 e. The van der Waals surface area contributed by atoms with E-state index >= 15 is 0 Å². The highest BCUT2D eigenvalue weighted by molar-refractivity contribution is 5.95. The summed E-state index contributed by atoms with van der Waals surface area (Å²) in [5.41, 5.74) is 5.22. The Bertz CT molecular complexity index is 1160. The summed E-state index contributed by atoms with van der Waals surface area (Å²) in [6, 6.07) is 20.0. The normalized spacial score (nSPS) is 13.1. The second kappa shape index (κ2) is 11.1. The van der Waals surface area contributed by atoms with Gasteiger partial charge in [-0.3, -0.25) is 9.59 Å². The molecule has 1 aliphatic rings. The number of carbonyl (C=O) groups excluding carboxylic acids is 2. The van der Waals surface area contributed by atoms with Gasteiger partial charge in [0, 0.05) is 35.6 Å². The molecule has 0 aromatic heterocycles. The Morgan fingerprint density at radius 3 is 2.41 bits per heavy atom. The van der Waals surface area contributed by atoms with E-state index in [0.717, 1.165) is 18.8 Å². The number of hydrogen-bond donors (Lipinski definition) is 2. The summed E-state index contributed by atoms with van der Waals surface area (Å²) in [5, 5.41) is 6.66. The maximum atomic E-state index is 13.0. The number of benzene rings is 3. The van der Waals surface area contributed by atoms with Gasteiger partial charge in [0.15, 0.2) is 6.61 Å². The average molecular weight is 461 g/mol. The Morgan fingerprint density at radius 2 is 1.68 bits per heavy atom. The molecule has 2 N–H and O–H groups in total. The maximum absolute atomic E-state index is 13.0. The van der Waals surface area contributed by atoms with Gasteiger partial charge in [0.2, 0.25) is 0 Å². The Kier molecular flexibility index (Phi) is 7.49. The molecule has 0 aliphatic carbocycles. The molecule has 3 aromatic rings. The number of anilines is 2. The Balaban J connectivity index is 1.30. The lowest BCUT2D eigenvalue weighted by Crippen LogP contribution is -2.21. The van der Waals surface area contributed by atoms with Crippen molar-refractivity contribution in [1.82, 2.24) is 5.43 Å². The summed E-state index contributed by atoms with van der Waals surface area (Å²) in [4.78, 5) is 26.8. The molecular weight excluding hydrogens is 435 g/mol. The van der Waals surface area contributed by atoms with E-state index in [0.29, 0.717) is 22.6 Å². The number of hydrazone groups is 1. The van der Waals surface area contributed by atoms with E-state index in [1.807, 2.05) is 12.1 Å². The molecule has 34 heavy (non-hydrogen) atoms. The van der Waals surface area contributed by atoms with Crippen LogP contribution in [0.2, 0.25) is 0 Å². The van der Waals surface area contributed by atoms with Gasteiger partial charge in [0.05, 0.1) is 6.21 Å². The minimum Gasteiger partial charge on any atom is -0.483 e. The molecule has 0 radical (unpaired) electrons. The third-order valence-corrected chi connectivity index (χ3v) is 5.38. The van der Waals surface area contributed by atoms with Crippen LogP contribution in [0.25, 0.3) is 0 Å². The van der Waals surface area contributed by atoms with Crippen LogP contribution in [0.1, 0.15) is 28.8 Å². The van der Waals surface area contributed by atoms with E-state index in [9.17, 15) is 14.0 Å². The van der Waals surface area contributed by atoms with Crippen LogP contribution in [0.5, 0.6) is 5.75 Å². The lowest BCUT2D eigenvalue weighted by atomic mass is 10.2. The van der Waals surface area contributed by atoms with E-state index in [1.165, 1.54) is 43.3 Å². The van der Waals surface area contributed by atoms with Crippen molar-refractivity contribution in [1.29, 1.82) is 0 Å². The quantitative estimate of drug-likeness (QED) is 0.390. The number of rotatable bonds is 8. The lowest BCUT2D eigenvalue weighted by Gasteiger charge is -2.17. The van der Waals surface area contributed by atoms with E-state index in [4.69, 9.17) is 4.74 Å². The van der Waals surface area contributed by atoms with Crippen LogP contribution < -0.4 is 20.4 Å². The molecule has 174 valence electrons. The predicted molar refractivity (Wildman–Crippen MR) is 130 cm³/mol. The molecule has 0 unspecified atom stereocenters. The second-order valence-electron chi connectivity index (χ2n) is 7.82. The Hall–Kier alpha value is -4.20. The van der Waals surface area contributed by atoms with Crippen molar-refractivity contribution in [3.05, 3.63) is 89.7 Å². The smallest absolute Gasteiger partial charge is 0.271 e. The summed E-state index contributed by atoms with van der Waals surface area (Å²) >= 11 is 0. The topological polar surface area (TPSA) is 83.0 Å². The second-order valence-corrected chi connectivity index (χ2v) is 7.82. The first-order valence-corrected chi connectivity index (χ1v) is 11.0. The number of para-hydroxylation sites is 1. The van der Waals surface area contributed by atoms with Crippen LogP contribution in [-0.2, 0) is 4.79 Å². The number of hydrogen-bond acceptors (Lipinski definition) is 5. The van der Waals surface area contributed by atoms with Crippen LogP contribution in [0.3, 0.4) is 0 Å². The lowest BCUT2D eigenvalue weighted by molar-refractivity contribution is -0.118. The van der Waals surface area contributed by atoms with Gasteiger partial charge in [0.25, 0.3) is 11.8 Å². The number of carbonyl (C=O) groups is 2. The van der Waals surface area contributed by atoms with Crippen LogP contribution in [-0.4, -0.2) is 37.7 Å². The minimum atomic E-state index is -0.385. The van der Waals surface area contributed by atoms with Gasteiger partial charge >= 0.3 is 0 Å². The average Bonchev–Trinajstić information content (AvgIpc) is 3.40. The molecule has 1 saturated heterocycles. The molecule has 0 bridgehead atoms. The van der Waals surface area contributed by atoms with Gasteiger partial charge in [-0.2, -0.15) is 5.10 Å². The van der Waals surface area contributed by atoms with Crippen LogP contribution in [0.15, 0.2) is 77.9 Å². The highest BCUT2D eigenvalue weighted by atomic mass is 19.1. The third kappa shape index (κ3) is 6.19. The molecule has 1 fully saturated rings. The van der Waals surface area contributed by atoms with Crippen molar-refractivity contribution in [3.8, 4) is 5.75 Å². The zero-order chi connectivity index (χ0) is 23.8. The van der Waals surface area contributed by atoms with E-state index in [-0.39, 0.29) is 24.2 Å². The van der Waals surface area contributed by atoms with Gasteiger partial charge in [0.1, 0.15) is 11.6 Å². The van der Waals surface area contributed by atoms with Crippen LogP contribution in [0.4, 0.5) is 15.8 Å². The molecule has 4 rings (SSSR count). The Morgan fingerprint density at radius 1 is 0.971 bits per heavy atom. The first kappa shape index (κ1) is 23.0. The molecule has 8 heteroatoms. The summed E-state index contributed by atoms with van der Waals surface area (Å²) < 4.78 is 18.6. The van der Waals surface area contributed by atoms with Crippen LogP contribution in [0, 0.1) is 5.82 Å². The summed E-state index contributed by atoms with van der Waals surface area (Å²) in [6.45, 7) is 1.86. The molecule has 7 nitrogen and oxygen atoms in total. The number of nitrogens with one attached hydrogen (secondary N) is 2. The summed E-state index contributed by atoms with van der Waals surface area (Å²) in [7, 11) is 0. The fraction of sp³-hybridized carbons (Fsp3) is 0.192. The molecule has 3 aromatic carbocycles. The fourth-order valence-corrected chi connectivity index (χ4v) is 3.62. The molecule has 0 saturated carbocycles. The van der Waals surface area contributed by atoms with Crippen molar-refractivity contribution >= 4 is 29.4 Å². The molecule has 2 amide bonds. The van der Waals surface area contributed by atoms with Crippen molar-refractivity contribution in [3.63, 3.8) is 0 Å². The predicted octanol–water partition coefficient (Wildman–Crippen LogP) is 4.21. The van der Waals surface area contributed by atoms with Gasteiger partial charge < -0.3 is 15.0 Å². The first-order chi connectivity index (χ1) is 16.6. The zero-order valence-corrected chi connectivity index (χ0v) is 18.5. The van der Waals surface area contributed by atoms with Gasteiger partial charge in [-0.05, 0) is 73.5 Å². The SMILES string of the molecule is O=C(COc1ccccc1/C=N\NC(=O)c1ccc(N2CCCC2)cc1)Nc1ccc(F)cc1. The molecule has 1 aliphatic heterocycles. The van der Waals surface area contributed by atoms with Gasteiger partial charge in [-0.15, -0.1) is 0 Å². The zero-order valence-electron chi connectivity index (χ0n) is 18.5. The van der Waals surface area contributed by atoms with Gasteiger partial charge in [-0.1, -0.05) is 12.1 Å². The van der Waals surface area contributed by atoms with Crippen molar-refractivity contribution in [2.24, 2.45) is 5.10 Å². The van der Waals surface area contributed by atoms with Crippen LogP contribution >= 0.6 is 0 Å². The molecule has 1 heterocycles. The van der Waals surface area contributed by atoms with Crippen molar-refractivity contribution < 1.29 is 18.7 Å². The summed E-state index contributed by atoms with van der Waals surface area (Å²) in [6.07, 6.45) is 3.85. The Labute approximate surface area is 197 Å². The fourth-order valence-electron chi connectivity index (χ4n) is 3.62. The highest BCUT2D eigenvalue weighted by Gasteiger charge is 2.13. The van der Waals surface area contributed by atoms with Gasteiger partial charge in [-0.25, -0.2) is 9.82 Å². The van der Waals surface area contributed by atoms with Crippen molar-refractivity contribution in [2.45, 2.75) is 12.8 Å². The minimum absolute atomic E-state index is 0.238. The van der Waals surface area contributed by atoms with E-state index in [2.05, 4.69) is 20.7 Å². The number of nitrogens with zero attached hydrogens (tertiary/aromatic N) is 2. The molecule has 0 spiro atoms. The standard InChI is InChI=1S/C26H25FN4O3/c27-21-9-11-22(12-10-21)29-25(32)18-34-24-6-2-1-5-20(24)17-28-30-26(33)19-7-13-23(14-8-19)31-15-3-4-16-31/h1-2,5-14,17H,3-4,15-16,18H2,(H,29,32)(H,30,33)/b28-17-. The molecular formula is C26H25FN4O3. The summed E-state index contributed by atoms with van der Waals surface area (Å²) in [5.74, 6) is -0.649. The highest BCUT2D eigenvalue weighted by Crippen LogP contribution is 2.20. The monoisotopic (exact) mass is 460 g/mol. The number of halogens is 1. The molecule has 0 atom stereocenters. The maximum Gasteiger partial charge on any atom is 0.271 e. The van der Waals surface area contributed by atoms with Crippen molar-refractivity contribution in [2.75, 3.05) is 29.9 Å². The first-order valence-electron chi connectivity index (χ1n) is 11.0. The third-order valence-electron chi connectivity index (χ3n) is 5.38. The number of ether oxygens (including phenoxy) is 1. The van der Waals surface area contributed by atoms with E-state index in [1.54, 1.807) is 36.4 Å². The number of amides is 2. The van der Waals surface area contributed by atoms with E-state index < -0.39 is 0 Å².